The van der Waals surface area contributed by atoms with Crippen molar-refractivity contribution in [1.82, 2.24) is 50.6 Å². The summed E-state index contributed by atoms with van der Waals surface area (Å²) in [7, 11) is 0. The molecule has 3 heterocycles. The van der Waals surface area contributed by atoms with Crippen LogP contribution in [0.15, 0.2) is 35.3 Å². The van der Waals surface area contributed by atoms with E-state index in [0.717, 1.165) is 0 Å². The highest BCUT2D eigenvalue weighted by molar-refractivity contribution is 5.97. The maximum atomic E-state index is 12.8. The number of nitrogens with two attached hydrogens (primary N) is 1. The molecule has 1 fully saturated rings. The third kappa shape index (κ3) is 17.3. The van der Waals surface area contributed by atoms with Crippen molar-refractivity contribution in [3.63, 3.8) is 0 Å². The number of benzene rings is 1. The van der Waals surface area contributed by atoms with Crippen molar-refractivity contribution >= 4 is 58.4 Å². The van der Waals surface area contributed by atoms with Gasteiger partial charge in [0.25, 0.3) is 11.5 Å². The number of rotatable bonds is 24. The number of carbonyl (C=O) groups is 6. The van der Waals surface area contributed by atoms with E-state index in [1.807, 2.05) is 4.90 Å². The lowest BCUT2D eigenvalue weighted by molar-refractivity contribution is -0.140. The molecular weight excluding hydrogens is 816 g/mol. The average molecular weight is 871 g/mol. The number of hydrogen-bond donors (Lipinski definition) is 9. The number of carbonyl (C=O) groups excluding carboxylic acids is 3. The number of carboxylic acid groups (broad SMARTS) is 3. The molecule has 10 N–H and O–H groups in total. The summed E-state index contributed by atoms with van der Waals surface area (Å²) in [6, 6.07) is 4.91. The molecule has 1 saturated heterocycles. The minimum Gasteiger partial charge on any atom is -0.480 e. The lowest BCUT2D eigenvalue weighted by Crippen LogP contribution is -2.44. The van der Waals surface area contributed by atoms with Crippen molar-refractivity contribution in [3.05, 3.63) is 52.1 Å². The molecule has 24 heteroatoms. The zero-order chi connectivity index (χ0) is 45.0. The molecule has 1 aliphatic rings. The van der Waals surface area contributed by atoms with Gasteiger partial charge in [-0.2, -0.15) is 4.98 Å². The Morgan fingerprint density at radius 3 is 2.08 bits per heavy atom. The Hall–Kier alpha value is -6.34. The molecule has 0 bridgehead atoms. The van der Waals surface area contributed by atoms with Gasteiger partial charge in [-0.25, -0.2) is 14.8 Å². The van der Waals surface area contributed by atoms with E-state index < -0.39 is 41.3 Å². The summed E-state index contributed by atoms with van der Waals surface area (Å²) in [6.07, 6.45) is 0.793. The number of nitrogens with one attached hydrogen (secondary N) is 5. The number of nitrogens with zero attached hydrogens (tertiary/aromatic N) is 6. The van der Waals surface area contributed by atoms with E-state index in [4.69, 9.17) is 15.2 Å². The second kappa shape index (κ2) is 24.8. The second-order valence-corrected chi connectivity index (χ2v) is 14.4. The number of fused-ring (bicyclic) bond motifs is 1. The van der Waals surface area contributed by atoms with E-state index in [1.165, 1.54) is 18.3 Å². The standard InChI is InChI=1S/C38H54N12O12/c1-24(18-42-30(52)21-48-9-11-49(22-31(53)54)13-14-50(12-10-48)23-32(55)56)62-17-16-61-15-8-40-29(51)7-6-28(37(59)60)45-35(57)25-2-4-26(5-3-25)41-19-27-20-43-34-33(44-27)36(58)47-38(39)46-34/h2-5,20,24,28,41H,6-19,21-23H2,1H3,(H,40,51)(H,42,52)(H,45,57)(H,53,54)(H,55,56)(H,59,60)(H3,39,43,46,47,58)/t24?,28-/m0/s1. The number of amides is 3. The van der Waals surface area contributed by atoms with Gasteiger partial charge in [-0.3, -0.25) is 48.5 Å². The molecule has 0 radical (unpaired) electrons. The Morgan fingerprint density at radius 2 is 1.47 bits per heavy atom. The zero-order valence-electron chi connectivity index (χ0n) is 34.3. The highest BCUT2D eigenvalue weighted by atomic mass is 16.5. The molecule has 1 unspecified atom stereocenters. The lowest BCUT2D eigenvalue weighted by atomic mass is 10.1. The van der Waals surface area contributed by atoms with Crippen molar-refractivity contribution in [2.24, 2.45) is 0 Å². The van der Waals surface area contributed by atoms with Gasteiger partial charge in [0, 0.05) is 70.0 Å². The number of H-pyrrole nitrogens is 1. The number of ether oxygens (including phenoxy) is 2. The molecule has 0 spiro atoms. The van der Waals surface area contributed by atoms with Gasteiger partial charge in [0.05, 0.1) is 64.0 Å². The number of aromatic nitrogens is 4. The fraction of sp³-hybridized carbons (Fsp3) is 0.526. The van der Waals surface area contributed by atoms with Crippen LogP contribution in [0.4, 0.5) is 11.6 Å². The first-order valence-corrected chi connectivity index (χ1v) is 19.9. The van der Waals surface area contributed by atoms with Crippen LogP contribution in [-0.4, -0.2) is 190 Å². The van der Waals surface area contributed by atoms with Gasteiger partial charge in [-0.15, -0.1) is 0 Å². The van der Waals surface area contributed by atoms with E-state index in [9.17, 15) is 48.9 Å². The van der Waals surface area contributed by atoms with Crippen molar-refractivity contribution in [1.29, 1.82) is 0 Å². The number of hydrogen-bond acceptors (Lipinski definition) is 17. The van der Waals surface area contributed by atoms with Gasteiger partial charge in [-0.1, -0.05) is 0 Å². The third-order valence-corrected chi connectivity index (χ3v) is 9.44. The van der Waals surface area contributed by atoms with E-state index in [0.29, 0.717) is 50.6 Å². The summed E-state index contributed by atoms with van der Waals surface area (Å²) >= 11 is 0. The molecule has 1 aliphatic heterocycles. The van der Waals surface area contributed by atoms with Crippen molar-refractivity contribution in [2.75, 3.05) is 103 Å². The van der Waals surface area contributed by atoms with Crippen LogP contribution < -0.4 is 32.6 Å². The molecule has 0 saturated carbocycles. The number of aliphatic carboxylic acids is 3. The summed E-state index contributed by atoms with van der Waals surface area (Å²) in [6.45, 7) is 5.18. The van der Waals surface area contributed by atoms with Crippen LogP contribution in [0, 0.1) is 0 Å². The van der Waals surface area contributed by atoms with Crippen LogP contribution in [0.5, 0.6) is 0 Å². The molecule has 3 amide bonds. The second-order valence-electron chi connectivity index (χ2n) is 14.4. The SMILES string of the molecule is CC(CNC(=O)CN1CCN(CC(=O)O)CCN(CC(=O)O)CC1)OCCOCCNC(=O)CC[C@H](NC(=O)c1ccc(NCc2cnc3nc(N)[nH]c(=O)c3n2)cc1)C(=O)O. The molecule has 24 nitrogen and oxygen atoms in total. The highest BCUT2D eigenvalue weighted by Crippen LogP contribution is 2.13. The van der Waals surface area contributed by atoms with Crippen molar-refractivity contribution in [3.8, 4) is 0 Å². The van der Waals surface area contributed by atoms with Gasteiger partial charge in [0.2, 0.25) is 17.8 Å². The molecular formula is C38H54N12O12. The van der Waals surface area contributed by atoms with E-state index >= 15 is 0 Å². The van der Waals surface area contributed by atoms with Gasteiger partial charge < -0.3 is 51.8 Å². The van der Waals surface area contributed by atoms with E-state index in [-0.39, 0.29) is 107 Å². The Balaban J connectivity index is 1.06. The predicted molar refractivity (Wildman–Crippen MR) is 221 cm³/mol. The Bertz CT molecular complexity index is 2030. The molecule has 338 valence electrons. The number of aromatic amines is 1. The minimum absolute atomic E-state index is 0.0390. The first-order valence-electron chi connectivity index (χ1n) is 19.9. The van der Waals surface area contributed by atoms with Crippen LogP contribution in [-0.2, 0) is 40.0 Å². The maximum absolute atomic E-state index is 12.8. The summed E-state index contributed by atoms with van der Waals surface area (Å²) in [4.78, 5) is 104. The molecule has 0 aliphatic carbocycles. The van der Waals surface area contributed by atoms with Crippen LogP contribution >= 0.6 is 0 Å². The molecule has 3 aromatic rings. The predicted octanol–water partition coefficient (Wildman–Crippen LogP) is -2.39. The van der Waals surface area contributed by atoms with Crippen LogP contribution in [0.25, 0.3) is 11.2 Å². The largest absolute Gasteiger partial charge is 0.480 e. The normalized spacial score (nSPS) is 15.0. The van der Waals surface area contributed by atoms with E-state index in [2.05, 4.69) is 41.2 Å². The third-order valence-electron chi connectivity index (χ3n) is 9.44. The topological polar surface area (TPSA) is 337 Å². The smallest absolute Gasteiger partial charge is 0.326 e. The molecule has 2 atom stereocenters. The van der Waals surface area contributed by atoms with Gasteiger partial charge >= 0.3 is 17.9 Å². The number of anilines is 2. The van der Waals surface area contributed by atoms with Gasteiger partial charge in [0.15, 0.2) is 11.2 Å². The fourth-order valence-corrected chi connectivity index (χ4v) is 6.14. The van der Waals surface area contributed by atoms with Crippen LogP contribution in [0.1, 0.15) is 35.8 Å². The molecule has 62 heavy (non-hydrogen) atoms. The lowest BCUT2D eigenvalue weighted by Gasteiger charge is -2.24. The highest BCUT2D eigenvalue weighted by Gasteiger charge is 2.23. The number of carboxylic acids is 3. The van der Waals surface area contributed by atoms with Gasteiger partial charge in [-0.05, 0) is 37.6 Å². The summed E-state index contributed by atoms with van der Waals surface area (Å²) < 4.78 is 11.2. The molecule has 1 aromatic carbocycles. The molecule has 2 aromatic heterocycles. The van der Waals surface area contributed by atoms with Crippen molar-refractivity contribution in [2.45, 2.75) is 38.5 Å². The summed E-state index contributed by atoms with van der Waals surface area (Å²) in [5, 5.41) is 39.1. The minimum atomic E-state index is -1.32. The summed E-state index contributed by atoms with van der Waals surface area (Å²) in [5.74, 6) is -4.64. The van der Waals surface area contributed by atoms with Gasteiger partial charge in [0.1, 0.15) is 6.04 Å². The van der Waals surface area contributed by atoms with Crippen LogP contribution in [0.2, 0.25) is 0 Å². The first kappa shape index (κ1) is 48.3. The fourth-order valence-electron chi connectivity index (χ4n) is 6.14. The Labute approximate surface area is 355 Å². The Kier molecular flexibility index (Phi) is 19.3. The monoisotopic (exact) mass is 870 g/mol. The average Bonchev–Trinajstić information content (AvgIpc) is 3.30. The Morgan fingerprint density at radius 1 is 0.839 bits per heavy atom. The first-order chi connectivity index (χ1) is 29.6. The van der Waals surface area contributed by atoms with Crippen molar-refractivity contribution < 1.29 is 53.6 Å². The number of nitrogen functional groups attached to an aromatic ring is 1. The van der Waals surface area contributed by atoms with Crippen LogP contribution in [0.3, 0.4) is 0 Å². The quantitative estimate of drug-likeness (QED) is 0.0424. The van der Waals surface area contributed by atoms with E-state index in [1.54, 1.807) is 28.9 Å². The zero-order valence-corrected chi connectivity index (χ0v) is 34.3. The molecule has 4 rings (SSSR count). The maximum Gasteiger partial charge on any atom is 0.326 e. The summed E-state index contributed by atoms with van der Waals surface area (Å²) in [5.41, 5.74) is 6.44.